The van der Waals surface area contributed by atoms with E-state index in [1.807, 2.05) is 13.0 Å². The molecule has 1 aromatic rings. The summed E-state index contributed by atoms with van der Waals surface area (Å²) >= 11 is 0. The summed E-state index contributed by atoms with van der Waals surface area (Å²) in [6, 6.07) is 6.23. The summed E-state index contributed by atoms with van der Waals surface area (Å²) in [7, 11) is 2.13. The van der Waals surface area contributed by atoms with E-state index in [2.05, 4.69) is 24.2 Å². The summed E-state index contributed by atoms with van der Waals surface area (Å²) in [5.41, 5.74) is 8.14. The molecular formula is C15H23N3O. The minimum absolute atomic E-state index is 0.00449. The van der Waals surface area contributed by atoms with Crippen LogP contribution in [-0.4, -0.2) is 36.5 Å². The highest BCUT2D eigenvalue weighted by Gasteiger charge is 2.24. The highest BCUT2D eigenvalue weighted by Crippen LogP contribution is 2.17. The fourth-order valence-corrected chi connectivity index (χ4v) is 2.51. The van der Waals surface area contributed by atoms with Gasteiger partial charge in [0.1, 0.15) is 0 Å². The Morgan fingerprint density at radius 3 is 2.84 bits per heavy atom. The topological polar surface area (TPSA) is 58.4 Å². The zero-order valence-electron chi connectivity index (χ0n) is 11.9. The maximum atomic E-state index is 12.2. The van der Waals surface area contributed by atoms with Crippen LogP contribution in [0, 0.1) is 6.92 Å². The second-order valence-electron chi connectivity index (χ2n) is 5.60. The van der Waals surface area contributed by atoms with E-state index in [-0.39, 0.29) is 11.9 Å². The standard InChI is InChI=1S/C15H23N3O/c1-10-8-12(4-5-14(10)16)15(19)17-13-6-7-18(3)11(2)9-13/h4-5,8,11,13H,6-7,9,16H2,1-3H3,(H,17,19). The van der Waals surface area contributed by atoms with Crippen LogP contribution in [0.4, 0.5) is 5.69 Å². The molecule has 19 heavy (non-hydrogen) atoms. The van der Waals surface area contributed by atoms with Gasteiger partial charge in [-0.05, 0) is 57.5 Å². The number of aryl methyl sites for hydroxylation is 1. The number of nitrogens with two attached hydrogens (primary N) is 1. The van der Waals surface area contributed by atoms with Crippen LogP contribution in [0.1, 0.15) is 35.7 Å². The van der Waals surface area contributed by atoms with Gasteiger partial charge in [0.2, 0.25) is 0 Å². The SMILES string of the molecule is Cc1cc(C(=O)NC2CCN(C)C(C)C2)ccc1N. The smallest absolute Gasteiger partial charge is 0.251 e. The lowest BCUT2D eigenvalue weighted by Gasteiger charge is -2.35. The molecule has 0 radical (unpaired) electrons. The van der Waals surface area contributed by atoms with Crippen LogP contribution < -0.4 is 11.1 Å². The highest BCUT2D eigenvalue weighted by molar-refractivity contribution is 5.95. The molecule has 2 atom stereocenters. The van der Waals surface area contributed by atoms with Crippen LogP contribution in [0.5, 0.6) is 0 Å². The largest absolute Gasteiger partial charge is 0.399 e. The molecule has 2 rings (SSSR count). The Morgan fingerprint density at radius 1 is 1.47 bits per heavy atom. The molecule has 1 saturated heterocycles. The molecule has 4 heteroatoms. The quantitative estimate of drug-likeness (QED) is 0.798. The molecule has 1 aromatic carbocycles. The molecule has 2 unspecified atom stereocenters. The molecule has 0 bridgehead atoms. The molecule has 0 aromatic heterocycles. The number of amides is 1. The van der Waals surface area contributed by atoms with Gasteiger partial charge in [-0.2, -0.15) is 0 Å². The van der Waals surface area contributed by atoms with Crippen molar-refractivity contribution < 1.29 is 4.79 Å². The van der Waals surface area contributed by atoms with Crippen molar-refractivity contribution in [3.8, 4) is 0 Å². The van der Waals surface area contributed by atoms with Crippen LogP contribution in [0.15, 0.2) is 18.2 Å². The van der Waals surface area contributed by atoms with Crippen LogP contribution in [0.25, 0.3) is 0 Å². The maximum Gasteiger partial charge on any atom is 0.251 e. The lowest BCUT2D eigenvalue weighted by Crippen LogP contribution is -2.47. The number of carbonyl (C=O) groups is 1. The summed E-state index contributed by atoms with van der Waals surface area (Å²) < 4.78 is 0. The molecule has 1 amide bonds. The second-order valence-corrected chi connectivity index (χ2v) is 5.60. The Kier molecular flexibility index (Phi) is 4.10. The Labute approximate surface area is 115 Å². The Balaban J connectivity index is 1.99. The van der Waals surface area contributed by atoms with Crippen molar-refractivity contribution >= 4 is 11.6 Å². The number of nitrogen functional groups attached to an aromatic ring is 1. The van der Waals surface area contributed by atoms with Crippen molar-refractivity contribution in [3.63, 3.8) is 0 Å². The van der Waals surface area contributed by atoms with Gasteiger partial charge in [-0.3, -0.25) is 4.79 Å². The predicted molar refractivity (Wildman–Crippen MR) is 78.2 cm³/mol. The number of piperidine rings is 1. The summed E-state index contributed by atoms with van der Waals surface area (Å²) in [6.07, 6.45) is 2.02. The first kappa shape index (κ1) is 13.9. The third-order valence-corrected chi connectivity index (χ3v) is 4.08. The number of anilines is 1. The molecule has 0 aliphatic carbocycles. The number of nitrogens with one attached hydrogen (secondary N) is 1. The average Bonchev–Trinajstić information content (AvgIpc) is 2.37. The van der Waals surface area contributed by atoms with E-state index in [4.69, 9.17) is 5.73 Å². The van der Waals surface area contributed by atoms with Crippen molar-refractivity contribution in [1.29, 1.82) is 0 Å². The fourth-order valence-electron chi connectivity index (χ4n) is 2.51. The van der Waals surface area contributed by atoms with E-state index in [1.54, 1.807) is 12.1 Å². The van der Waals surface area contributed by atoms with Crippen molar-refractivity contribution in [2.45, 2.75) is 38.8 Å². The van der Waals surface area contributed by atoms with Crippen molar-refractivity contribution in [1.82, 2.24) is 10.2 Å². The number of hydrogen-bond donors (Lipinski definition) is 2. The van der Waals surface area contributed by atoms with E-state index in [0.29, 0.717) is 11.6 Å². The van der Waals surface area contributed by atoms with Crippen LogP contribution in [-0.2, 0) is 0 Å². The van der Waals surface area contributed by atoms with E-state index < -0.39 is 0 Å². The molecule has 3 N–H and O–H groups in total. The summed E-state index contributed by atoms with van der Waals surface area (Å²) in [5.74, 6) is 0.00449. The molecule has 0 spiro atoms. The number of nitrogens with zero attached hydrogens (tertiary/aromatic N) is 1. The third-order valence-electron chi connectivity index (χ3n) is 4.08. The van der Waals surface area contributed by atoms with Crippen molar-refractivity contribution in [2.24, 2.45) is 0 Å². The van der Waals surface area contributed by atoms with Crippen molar-refractivity contribution in [3.05, 3.63) is 29.3 Å². The molecule has 0 saturated carbocycles. The normalized spacial score (nSPS) is 24.2. The predicted octanol–water partition coefficient (Wildman–Crippen LogP) is 1.79. The Bertz CT molecular complexity index is 472. The third kappa shape index (κ3) is 3.26. The zero-order valence-corrected chi connectivity index (χ0v) is 11.9. The van der Waals surface area contributed by atoms with E-state index in [0.717, 1.165) is 30.6 Å². The number of likely N-dealkylation sites (tertiary alicyclic amines) is 1. The minimum Gasteiger partial charge on any atom is -0.399 e. The molecule has 1 heterocycles. The van der Waals surface area contributed by atoms with Crippen LogP contribution in [0.2, 0.25) is 0 Å². The minimum atomic E-state index is 0.00449. The fraction of sp³-hybridized carbons (Fsp3) is 0.533. The maximum absolute atomic E-state index is 12.2. The van der Waals surface area contributed by atoms with Gasteiger partial charge < -0.3 is 16.0 Å². The molecule has 1 fully saturated rings. The van der Waals surface area contributed by atoms with Crippen molar-refractivity contribution in [2.75, 3.05) is 19.3 Å². The van der Waals surface area contributed by atoms with E-state index in [9.17, 15) is 4.79 Å². The molecule has 1 aliphatic rings. The lowest BCUT2D eigenvalue weighted by atomic mass is 9.98. The molecule has 1 aliphatic heterocycles. The van der Waals surface area contributed by atoms with Gasteiger partial charge in [-0.25, -0.2) is 0 Å². The van der Waals surface area contributed by atoms with Gasteiger partial charge in [-0.1, -0.05) is 0 Å². The van der Waals surface area contributed by atoms with Crippen LogP contribution >= 0.6 is 0 Å². The molecule has 4 nitrogen and oxygen atoms in total. The first-order chi connectivity index (χ1) is 8.97. The monoisotopic (exact) mass is 261 g/mol. The molecular weight excluding hydrogens is 238 g/mol. The van der Waals surface area contributed by atoms with Gasteiger partial charge in [0.05, 0.1) is 0 Å². The number of benzene rings is 1. The first-order valence-electron chi connectivity index (χ1n) is 6.84. The van der Waals surface area contributed by atoms with Gasteiger partial charge in [0.25, 0.3) is 5.91 Å². The Morgan fingerprint density at radius 2 is 2.21 bits per heavy atom. The number of carbonyl (C=O) groups excluding carboxylic acids is 1. The lowest BCUT2D eigenvalue weighted by molar-refractivity contribution is 0.0896. The highest BCUT2D eigenvalue weighted by atomic mass is 16.1. The summed E-state index contributed by atoms with van der Waals surface area (Å²) in [4.78, 5) is 14.5. The number of hydrogen-bond acceptors (Lipinski definition) is 3. The number of rotatable bonds is 2. The van der Waals surface area contributed by atoms with Gasteiger partial charge >= 0.3 is 0 Å². The summed E-state index contributed by atoms with van der Waals surface area (Å²) in [6.45, 7) is 5.16. The Hall–Kier alpha value is -1.55. The van der Waals surface area contributed by atoms with Gasteiger partial charge in [-0.15, -0.1) is 0 Å². The van der Waals surface area contributed by atoms with E-state index in [1.165, 1.54) is 0 Å². The second kappa shape index (κ2) is 5.61. The average molecular weight is 261 g/mol. The first-order valence-corrected chi connectivity index (χ1v) is 6.84. The molecule has 104 valence electrons. The van der Waals surface area contributed by atoms with Gasteiger partial charge in [0, 0.05) is 29.9 Å². The van der Waals surface area contributed by atoms with Crippen LogP contribution in [0.3, 0.4) is 0 Å². The van der Waals surface area contributed by atoms with E-state index >= 15 is 0 Å². The zero-order chi connectivity index (χ0) is 14.0. The summed E-state index contributed by atoms with van der Waals surface area (Å²) in [5, 5.41) is 3.13. The van der Waals surface area contributed by atoms with Gasteiger partial charge in [0.15, 0.2) is 0 Å².